The average molecular weight is 257 g/mol. The Hall–Kier alpha value is -1.62. The van der Waals surface area contributed by atoms with Crippen LogP contribution in [0.1, 0.15) is 17.5 Å². The molecule has 1 rings (SSSR count). The number of anilines is 1. The maximum absolute atomic E-state index is 11.4. The molecule has 0 saturated carbocycles. The molecule has 0 fully saturated rings. The molecule has 0 saturated heterocycles. The van der Waals surface area contributed by atoms with Crippen LogP contribution < -0.4 is 5.32 Å². The number of hydrogen-bond acceptors (Lipinski definition) is 3. The van der Waals surface area contributed by atoms with Crippen molar-refractivity contribution in [2.45, 2.75) is 20.3 Å². The standard InChI is InChI=1S/C11H13ClN2O3/c1-7-5-9(13-11(15)3-4-12)10(14(16)17)6-8(7)2/h5-6H,3-4H2,1-2H3,(H,13,15). The predicted molar refractivity (Wildman–Crippen MR) is 66.5 cm³/mol. The second-order valence-corrected chi connectivity index (χ2v) is 4.08. The normalized spacial score (nSPS) is 10.1. The van der Waals surface area contributed by atoms with Crippen molar-refractivity contribution in [3.63, 3.8) is 0 Å². The van der Waals surface area contributed by atoms with Gasteiger partial charge in [-0.2, -0.15) is 0 Å². The van der Waals surface area contributed by atoms with Gasteiger partial charge in [0.05, 0.1) is 4.92 Å². The number of carbonyl (C=O) groups is 1. The lowest BCUT2D eigenvalue weighted by atomic mass is 10.1. The van der Waals surface area contributed by atoms with Crippen LogP contribution in [0.2, 0.25) is 0 Å². The van der Waals surface area contributed by atoms with E-state index in [0.29, 0.717) is 0 Å². The van der Waals surface area contributed by atoms with Crippen LogP contribution in [-0.2, 0) is 4.79 Å². The van der Waals surface area contributed by atoms with Crippen LogP contribution >= 0.6 is 11.6 Å². The fraction of sp³-hybridized carbons (Fsp3) is 0.364. The Kier molecular flexibility index (Phi) is 4.45. The summed E-state index contributed by atoms with van der Waals surface area (Å²) in [6, 6.07) is 3.05. The number of nitrogens with zero attached hydrogens (tertiary/aromatic N) is 1. The molecule has 1 aromatic rings. The van der Waals surface area contributed by atoms with Crippen molar-refractivity contribution in [1.82, 2.24) is 0 Å². The van der Waals surface area contributed by atoms with Crippen molar-refractivity contribution >= 4 is 28.9 Å². The molecule has 0 aliphatic carbocycles. The average Bonchev–Trinajstić information content (AvgIpc) is 2.23. The van der Waals surface area contributed by atoms with Crippen molar-refractivity contribution in [3.05, 3.63) is 33.4 Å². The van der Waals surface area contributed by atoms with E-state index in [1.165, 1.54) is 6.07 Å². The number of aryl methyl sites for hydroxylation is 2. The van der Waals surface area contributed by atoms with E-state index >= 15 is 0 Å². The summed E-state index contributed by atoms with van der Waals surface area (Å²) in [7, 11) is 0. The number of rotatable bonds is 4. The highest BCUT2D eigenvalue weighted by Crippen LogP contribution is 2.27. The minimum absolute atomic E-state index is 0.101. The fourth-order valence-electron chi connectivity index (χ4n) is 1.35. The largest absolute Gasteiger partial charge is 0.320 e. The molecule has 0 atom stereocenters. The molecule has 0 bridgehead atoms. The number of hydrogen-bond donors (Lipinski definition) is 1. The van der Waals surface area contributed by atoms with E-state index in [9.17, 15) is 14.9 Å². The van der Waals surface area contributed by atoms with Crippen molar-refractivity contribution in [2.24, 2.45) is 0 Å². The van der Waals surface area contributed by atoms with Crippen LogP contribution in [0.25, 0.3) is 0 Å². The van der Waals surface area contributed by atoms with Gasteiger partial charge in [-0.25, -0.2) is 0 Å². The van der Waals surface area contributed by atoms with Gasteiger partial charge in [-0.15, -0.1) is 11.6 Å². The molecule has 0 heterocycles. The van der Waals surface area contributed by atoms with Crippen molar-refractivity contribution in [3.8, 4) is 0 Å². The molecule has 17 heavy (non-hydrogen) atoms. The second-order valence-electron chi connectivity index (χ2n) is 3.70. The highest BCUT2D eigenvalue weighted by Gasteiger charge is 2.17. The number of nitro groups is 1. The van der Waals surface area contributed by atoms with E-state index in [2.05, 4.69) is 5.32 Å². The van der Waals surface area contributed by atoms with Crippen LogP contribution in [0, 0.1) is 24.0 Å². The monoisotopic (exact) mass is 256 g/mol. The summed E-state index contributed by atoms with van der Waals surface area (Å²) in [6.45, 7) is 3.61. The first kappa shape index (κ1) is 13.4. The number of nitrogens with one attached hydrogen (secondary N) is 1. The lowest BCUT2D eigenvalue weighted by Crippen LogP contribution is -2.13. The van der Waals surface area contributed by atoms with Gasteiger partial charge in [0.15, 0.2) is 0 Å². The first-order valence-electron chi connectivity index (χ1n) is 5.07. The van der Waals surface area contributed by atoms with E-state index in [4.69, 9.17) is 11.6 Å². The smallest absolute Gasteiger partial charge is 0.293 e. The van der Waals surface area contributed by atoms with Gasteiger partial charge in [-0.3, -0.25) is 14.9 Å². The maximum Gasteiger partial charge on any atom is 0.293 e. The highest BCUT2D eigenvalue weighted by molar-refractivity contribution is 6.19. The molecule has 0 aliphatic rings. The summed E-state index contributed by atoms with van der Waals surface area (Å²) < 4.78 is 0. The zero-order valence-corrected chi connectivity index (χ0v) is 10.4. The summed E-state index contributed by atoms with van der Waals surface area (Å²) in [5.41, 5.74) is 1.81. The van der Waals surface area contributed by atoms with Gasteiger partial charge in [0.2, 0.25) is 5.91 Å². The first-order chi connectivity index (χ1) is 7.95. The predicted octanol–water partition coefficient (Wildman–Crippen LogP) is 2.78. The van der Waals surface area contributed by atoms with Gasteiger partial charge in [-0.1, -0.05) is 0 Å². The number of nitro benzene ring substituents is 1. The summed E-state index contributed by atoms with van der Waals surface area (Å²) >= 11 is 5.43. The first-order valence-corrected chi connectivity index (χ1v) is 5.60. The maximum atomic E-state index is 11.4. The number of amides is 1. The SMILES string of the molecule is Cc1cc(NC(=O)CCCl)c([N+](=O)[O-])cc1C. The Morgan fingerprint density at radius 1 is 1.41 bits per heavy atom. The summed E-state index contributed by atoms with van der Waals surface area (Å²) in [6.07, 6.45) is 0.131. The Morgan fingerprint density at radius 2 is 2.00 bits per heavy atom. The van der Waals surface area contributed by atoms with Gasteiger partial charge >= 0.3 is 0 Å². The molecule has 1 amide bonds. The molecule has 0 unspecified atom stereocenters. The van der Waals surface area contributed by atoms with Gasteiger partial charge in [0.1, 0.15) is 5.69 Å². The van der Waals surface area contributed by atoms with Crippen molar-refractivity contribution in [1.29, 1.82) is 0 Å². The quantitative estimate of drug-likeness (QED) is 0.511. The topological polar surface area (TPSA) is 72.2 Å². The lowest BCUT2D eigenvalue weighted by molar-refractivity contribution is -0.384. The van der Waals surface area contributed by atoms with E-state index < -0.39 is 4.92 Å². The summed E-state index contributed by atoms with van der Waals surface area (Å²) in [4.78, 5) is 21.7. The summed E-state index contributed by atoms with van der Waals surface area (Å²) in [5.74, 6) is -0.142. The third-order valence-corrected chi connectivity index (χ3v) is 2.59. The van der Waals surface area contributed by atoms with E-state index in [1.54, 1.807) is 13.0 Å². The van der Waals surface area contributed by atoms with Crippen LogP contribution in [-0.4, -0.2) is 16.7 Å². The molecule has 0 aromatic heterocycles. The van der Waals surface area contributed by atoms with Crippen molar-refractivity contribution in [2.75, 3.05) is 11.2 Å². The molecule has 1 N–H and O–H groups in total. The lowest BCUT2D eigenvalue weighted by Gasteiger charge is -2.08. The zero-order valence-electron chi connectivity index (χ0n) is 9.62. The zero-order chi connectivity index (χ0) is 13.0. The van der Waals surface area contributed by atoms with Gasteiger partial charge < -0.3 is 5.32 Å². The van der Waals surface area contributed by atoms with E-state index in [0.717, 1.165) is 11.1 Å². The van der Waals surface area contributed by atoms with Crippen LogP contribution in [0.5, 0.6) is 0 Å². The number of benzene rings is 1. The van der Waals surface area contributed by atoms with Gasteiger partial charge in [0, 0.05) is 18.4 Å². The third-order valence-electron chi connectivity index (χ3n) is 2.40. The summed E-state index contributed by atoms with van der Waals surface area (Å²) in [5, 5.41) is 13.3. The van der Waals surface area contributed by atoms with Crippen LogP contribution in [0.3, 0.4) is 0 Å². The molecular weight excluding hydrogens is 244 g/mol. The van der Waals surface area contributed by atoms with Crippen molar-refractivity contribution < 1.29 is 9.72 Å². The second kappa shape index (κ2) is 5.63. The fourth-order valence-corrected chi connectivity index (χ4v) is 1.52. The van der Waals surface area contributed by atoms with E-state index in [-0.39, 0.29) is 29.6 Å². The molecule has 0 radical (unpaired) electrons. The number of carbonyl (C=O) groups excluding carboxylic acids is 1. The number of halogens is 1. The highest BCUT2D eigenvalue weighted by atomic mass is 35.5. The van der Waals surface area contributed by atoms with Gasteiger partial charge in [-0.05, 0) is 31.0 Å². The minimum Gasteiger partial charge on any atom is -0.320 e. The number of alkyl halides is 1. The molecule has 92 valence electrons. The third kappa shape index (κ3) is 3.42. The molecule has 0 aliphatic heterocycles. The molecule has 0 spiro atoms. The Labute approximate surface area is 104 Å². The minimum atomic E-state index is -0.511. The Balaban J connectivity index is 3.08. The molecule has 5 nitrogen and oxygen atoms in total. The van der Waals surface area contributed by atoms with Crippen LogP contribution in [0.15, 0.2) is 12.1 Å². The van der Waals surface area contributed by atoms with E-state index in [1.807, 2.05) is 6.92 Å². The Morgan fingerprint density at radius 3 is 2.53 bits per heavy atom. The molecule has 6 heteroatoms. The Bertz CT molecular complexity index is 460. The molecular formula is C11H13ClN2O3. The van der Waals surface area contributed by atoms with Gasteiger partial charge in [0.25, 0.3) is 5.69 Å². The molecule has 1 aromatic carbocycles. The van der Waals surface area contributed by atoms with Crippen LogP contribution in [0.4, 0.5) is 11.4 Å².